The number of hydrogen-bond donors (Lipinski definition) is 2. The lowest BCUT2D eigenvalue weighted by atomic mass is 10.5. The molecule has 1 aromatic rings. The van der Waals surface area contributed by atoms with Gasteiger partial charge in [-0.3, -0.25) is 0 Å². The van der Waals surface area contributed by atoms with Crippen molar-refractivity contribution in [3.63, 3.8) is 0 Å². The van der Waals surface area contributed by atoms with Crippen molar-refractivity contribution in [3.8, 4) is 0 Å². The van der Waals surface area contributed by atoms with E-state index in [2.05, 4.69) is 15.3 Å². The van der Waals surface area contributed by atoms with Gasteiger partial charge in [-0.15, -0.1) is 0 Å². The van der Waals surface area contributed by atoms with E-state index in [9.17, 15) is 0 Å². The predicted octanol–water partition coefficient (Wildman–Crippen LogP) is 0.134. The van der Waals surface area contributed by atoms with Crippen LogP contribution in [0.25, 0.3) is 0 Å². The number of nitrogens with zero attached hydrogens (tertiary/aromatic N) is 2. The molecule has 0 aliphatic rings. The molecule has 1 heterocycles. The summed E-state index contributed by atoms with van der Waals surface area (Å²) in [6.45, 7) is 2.50. The Morgan fingerprint density at radius 2 is 2.20 bits per heavy atom. The standard InChI is InChI=1S/C9H16N4O2/c1-14-4-5-15-3-2-11-9-6-8(10)12-7-13-9/h6-7H,2-5H2,1H3,(H3,10,11,12,13). The van der Waals surface area contributed by atoms with E-state index in [0.717, 1.165) is 0 Å². The molecule has 0 amide bonds. The Bertz CT molecular complexity index is 283. The molecule has 1 rings (SSSR count). The quantitative estimate of drug-likeness (QED) is 0.625. The third kappa shape index (κ3) is 5.14. The molecule has 1 aromatic heterocycles. The summed E-state index contributed by atoms with van der Waals surface area (Å²) in [5.74, 6) is 1.16. The first-order chi connectivity index (χ1) is 7.33. The molecular formula is C9H16N4O2. The molecule has 0 aliphatic carbocycles. The Morgan fingerprint density at radius 1 is 1.33 bits per heavy atom. The van der Waals surface area contributed by atoms with Crippen LogP contribution in [0, 0.1) is 0 Å². The minimum absolute atomic E-state index is 0.452. The van der Waals surface area contributed by atoms with Crippen LogP contribution < -0.4 is 11.1 Å². The molecule has 0 bridgehead atoms. The number of nitrogen functional groups attached to an aromatic ring is 1. The lowest BCUT2D eigenvalue weighted by Crippen LogP contribution is -2.12. The highest BCUT2D eigenvalue weighted by Crippen LogP contribution is 2.03. The highest BCUT2D eigenvalue weighted by atomic mass is 16.5. The Kier molecular flexibility index (Phi) is 5.42. The molecule has 3 N–H and O–H groups in total. The summed E-state index contributed by atoms with van der Waals surface area (Å²) >= 11 is 0. The van der Waals surface area contributed by atoms with Gasteiger partial charge in [-0.05, 0) is 0 Å². The summed E-state index contributed by atoms with van der Waals surface area (Å²) in [5, 5.41) is 3.07. The molecule has 0 radical (unpaired) electrons. The second-order valence-corrected chi connectivity index (χ2v) is 2.86. The number of rotatable bonds is 7. The van der Waals surface area contributed by atoms with Crippen LogP contribution in [0.1, 0.15) is 0 Å². The SMILES string of the molecule is COCCOCCNc1cc(N)ncn1. The van der Waals surface area contributed by atoms with Gasteiger partial charge in [-0.25, -0.2) is 9.97 Å². The van der Waals surface area contributed by atoms with Gasteiger partial charge >= 0.3 is 0 Å². The molecule has 0 saturated carbocycles. The second-order valence-electron chi connectivity index (χ2n) is 2.86. The third-order valence-electron chi connectivity index (χ3n) is 1.67. The van der Waals surface area contributed by atoms with Crippen molar-refractivity contribution in [2.75, 3.05) is 44.5 Å². The van der Waals surface area contributed by atoms with Gasteiger partial charge in [0.1, 0.15) is 18.0 Å². The molecule has 0 unspecified atom stereocenters. The van der Waals surface area contributed by atoms with Crippen molar-refractivity contribution in [2.45, 2.75) is 0 Å². The van der Waals surface area contributed by atoms with Crippen LogP contribution in [0.4, 0.5) is 11.6 Å². The van der Waals surface area contributed by atoms with E-state index >= 15 is 0 Å². The molecule has 0 spiro atoms. The number of methoxy groups -OCH3 is 1. The molecule has 0 fully saturated rings. The molecule has 0 atom stereocenters. The number of hydrogen-bond acceptors (Lipinski definition) is 6. The average molecular weight is 212 g/mol. The van der Waals surface area contributed by atoms with Crippen molar-refractivity contribution in [3.05, 3.63) is 12.4 Å². The first-order valence-corrected chi connectivity index (χ1v) is 4.71. The number of anilines is 2. The normalized spacial score (nSPS) is 10.2. The van der Waals surface area contributed by atoms with Crippen LogP contribution in [0.3, 0.4) is 0 Å². The van der Waals surface area contributed by atoms with Crippen LogP contribution >= 0.6 is 0 Å². The van der Waals surface area contributed by atoms with E-state index in [1.807, 2.05) is 0 Å². The summed E-state index contributed by atoms with van der Waals surface area (Å²) in [6, 6.07) is 1.68. The van der Waals surface area contributed by atoms with Crippen LogP contribution in [0.5, 0.6) is 0 Å². The maximum Gasteiger partial charge on any atom is 0.131 e. The molecule has 0 saturated heterocycles. The zero-order valence-electron chi connectivity index (χ0n) is 8.77. The van der Waals surface area contributed by atoms with Crippen molar-refractivity contribution in [2.24, 2.45) is 0 Å². The van der Waals surface area contributed by atoms with Gasteiger partial charge in [0.25, 0.3) is 0 Å². The molecule has 0 aromatic carbocycles. The molecule has 84 valence electrons. The highest BCUT2D eigenvalue weighted by Gasteiger charge is 1.94. The first-order valence-electron chi connectivity index (χ1n) is 4.71. The Balaban J connectivity index is 2.10. The smallest absolute Gasteiger partial charge is 0.131 e. The summed E-state index contributed by atoms with van der Waals surface area (Å²) < 4.78 is 10.1. The largest absolute Gasteiger partial charge is 0.384 e. The van der Waals surface area contributed by atoms with Gasteiger partial charge < -0.3 is 20.5 Å². The van der Waals surface area contributed by atoms with E-state index in [-0.39, 0.29) is 0 Å². The van der Waals surface area contributed by atoms with E-state index in [0.29, 0.717) is 38.0 Å². The number of nitrogens with one attached hydrogen (secondary N) is 1. The van der Waals surface area contributed by atoms with Crippen molar-refractivity contribution >= 4 is 11.6 Å². The summed E-state index contributed by atoms with van der Waals surface area (Å²) in [5.41, 5.74) is 5.49. The van der Waals surface area contributed by atoms with Gasteiger partial charge in [-0.2, -0.15) is 0 Å². The van der Waals surface area contributed by atoms with Gasteiger partial charge in [0, 0.05) is 19.7 Å². The molecule has 0 aliphatic heterocycles. The Morgan fingerprint density at radius 3 is 2.93 bits per heavy atom. The Hall–Kier alpha value is -1.40. The topological polar surface area (TPSA) is 82.3 Å². The van der Waals surface area contributed by atoms with Gasteiger partial charge in [0.2, 0.25) is 0 Å². The summed E-state index contributed by atoms with van der Waals surface area (Å²) in [6.07, 6.45) is 1.42. The van der Waals surface area contributed by atoms with Crippen molar-refractivity contribution in [1.29, 1.82) is 0 Å². The zero-order valence-corrected chi connectivity index (χ0v) is 8.77. The van der Waals surface area contributed by atoms with Crippen LogP contribution in [-0.4, -0.2) is 43.4 Å². The molecular weight excluding hydrogens is 196 g/mol. The van der Waals surface area contributed by atoms with Gasteiger partial charge in [0.15, 0.2) is 0 Å². The van der Waals surface area contributed by atoms with E-state index in [1.165, 1.54) is 6.33 Å². The summed E-state index contributed by atoms with van der Waals surface area (Å²) in [4.78, 5) is 7.78. The van der Waals surface area contributed by atoms with E-state index in [1.54, 1.807) is 13.2 Å². The maximum absolute atomic E-state index is 5.49. The molecule has 15 heavy (non-hydrogen) atoms. The van der Waals surface area contributed by atoms with E-state index < -0.39 is 0 Å². The molecule has 6 nitrogen and oxygen atoms in total. The van der Waals surface area contributed by atoms with Crippen molar-refractivity contribution < 1.29 is 9.47 Å². The monoisotopic (exact) mass is 212 g/mol. The predicted molar refractivity (Wildman–Crippen MR) is 57.6 cm³/mol. The fraction of sp³-hybridized carbons (Fsp3) is 0.556. The first kappa shape index (κ1) is 11.7. The Labute approximate surface area is 88.8 Å². The fourth-order valence-corrected chi connectivity index (χ4v) is 0.965. The van der Waals surface area contributed by atoms with Crippen LogP contribution in [0.2, 0.25) is 0 Å². The molecule has 6 heteroatoms. The van der Waals surface area contributed by atoms with Crippen LogP contribution in [0.15, 0.2) is 12.4 Å². The lowest BCUT2D eigenvalue weighted by molar-refractivity contribution is 0.0759. The highest BCUT2D eigenvalue weighted by molar-refractivity contribution is 5.42. The number of ether oxygens (including phenoxy) is 2. The lowest BCUT2D eigenvalue weighted by Gasteiger charge is -2.06. The minimum Gasteiger partial charge on any atom is -0.384 e. The van der Waals surface area contributed by atoms with Crippen LogP contribution in [-0.2, 0) is 9.47 Å². The average Bonchev–Trinajstić information content (AvgIpc) is 2.23. The number of nitrogens with two attached hydrogens (primary N) is 1. The van der Waals surface area contributed by atoms with Gasteiger partial charge in [-0.1, -0.05) is 0 Å². The van der Waals surface area contributed by atoms with Crippen molar-refractivity contribution in [1.82, 2.24) is 9.97 Å². The van der Waals surface area contributed by atoms with Gasteiger partial charge in [0.05, 0.1) is 19.8 Å². The third-order valence-corrected chi connectivity index (χ3v) is 1.67. The number of aromatic nitrogens is 2. The zero-order chi connectivity index (χ0) is 10.9. The maximum atomic E-state index is 5.49. The summed E-state index contributed by atoms with van der Waals surface area (Å²) in [7, 11) is 1.64. The van der Waals surface area contributed by atoms with E-state index in [4.69, 9.17) is 15.2 Å². The minimum atomic E-state index is 0.452. The second kappa shape index (κ2) is 6.97. The fourth-order valence-electron chi connectivity index (χ4n) is 0.965.